The Balaban J connectivity index is 1.33. The number of carbonyl (C=O) groups is 1. The van der Waals surface area contributed by atoms with Gasteiger partial charge < -0.3 is 26.0 Å². The van der Waals surface area contributed by atoms with Crippen LogP contribution < -0.4 is 21.1 Å². The van der Waals surface area contributed by atoms with Gasteiger partial charge in [-0.05, 0) is 88.7 Å². The molecule has 1 amide bonds. The number of ether oxygens (including phenoxy) is 1. The van der Waals surface area contributed by atoms with E-state index >= 15 is 0 Å². The highest BCUT2D eigenvalue weighted by molar-refractivity contribution is 5.80. The fraction of sp³-hybridized carbons (Fsp3) is 0.667. The molecule has 0 spiro atoms. The highest BCUT2D eigenvalue weighted by atomic mass is 19.1. The Morgan fingerprint density at radius 3 is 2.66 bits per heavy atom. The molecule has 1 aliphatic carbocycles. The maximum Gasteiger partial charge on any atom is 0.220 e. The molecule has 0 aromatic heterocycles. The number of hydrogen-bond donors (Lipinski definition) is 3. The van der Waals surface area contributed by atoms with E-state index in [0.29, 0.717) is 24.2 Å². The summed E-state index contributed by atoms with van der Waals surface area (Å²) < 4.78 is 20.0. The molecule has 1 unspecified atom stereocenters. The number of nitrogens with zero attached hydrogens (tertiary/aromatic N) is 2. The number of aliphatic imine (C=N–C) groups is 1. The minimum atomic E-state index is -0.320. The largest absolute Gasteiger partial charge is 0.490 e. The zero-order valence-corrected chi connectivity index (χ0v) is 19.4. The Morgan fingerprint density at radius 1 is 1.28 bits per heavy atom. The Hall–Kier alpha value is -2.35. The fourth-order valence-electron chi connectivity index (χ4n) is 3.99. The van der Waals surface area contributed by atoms with Crippen molar-refractivity contribution in [3.63, 3.8) is 0 Å². The minimum absolute atomic E-state index is 0.0456. The summed E-state index contributed by atoms with van der Waals surface area (Å²) >= 11 is 0. The van der Waals surface area contributed by atoms with Gasteiger partial charge in [0.05, 0.1) is 12.6 Å². The van der Waals surface area contributed by atoms with Crippen LogP contribution in [0.15, 0.2) is 23.2 Å². The molecular formula is C24H38FN5O2. The summed E-state index contributed by atoms with van der Waals surface area (Å²) in [5, 5.41) is 6.66. The molecular weight excluding hydrogens is 409 g/mol. The average molecular weight is 448 g/mol. The summed E-state index contributed by atoms with van der Waals surface area (Å²) in [7, 11) is 1.74. The van der Waals surface area contributed by atoms with Crippen LogP contribution in [0.1, 0.15) is 57.1 Å². The van der Waals surface area contributed by atoms with Crippen molar-refractivity contribution in [2.24, 2.45) is 22.6 Å². The molecule has 1 aliphatic heterocycles. The number of guanidine groups is 1. The summed E-state index contributed by atoms with van der Waals surface area (Å²) in [6, 6.07) is 5.07. The first-order valence-corrected chi connectivity index (χ1v) is 11.9. The molecule has 1 saturated heterocycles. The number of primary amides is 1. The van der Waals surface area contributed by atoms with Crippen molar-refractivity contribution in [3.05, 3.63) is 29.6 Å². The predicted molar refractivity (Wildman–Crippen MR) is 125 cm³/mol. The van der Waals surface area contributed by atoms with E-state index in [4.69, 9.17) is 10.5 Å². The molecule has 1 aromatic rings. The Labute approximate surface area is 191 Å². The number of halogens is 1. The monoisotopic (exact) mass is 447 g/mol. The third-order valence-corrected chi connectivity index (χ3v) is 6.39. The van der Waals surface area contributed by atoms with Gasteiger partial charge in [0.1, 0.15) is 0 Å². The van der Waals surface area contributed by atoms with Gasteiger partial charge in [-0.1, -0.05) is 6.07 Å². The van der Waals surface area contributed by atoms with Crippen LogP contribution in [0.5, 0.6) is 5.75 Å². The Kier molecular flexibility index (Phi) is 9.14. The molecule has 2 fully saturated rings. The van der Waals surface area contributed by atoms with E-state index in [1.165, 1.54) is 18.9 Å². The van der Waals surface area contributed by atoms with Crippen LogP contribution >= 0.6 is 0 Å². The lowest BCUT2D eigenvalue weighted by molar-refractivity contribution is -0.123. The molecule has 7 nitrogen and oxygen atoms in total. The molecule has 1 heterocycles. The molecule has 2 aliphatic rings. The third kappa shape index (κ3) is 7.65. The van der Waals surface area contributed by atoms with E-state index < -0.39 is 0 Å². The molecule has 1 atom stereocenters. The number of benzene rings is 1. The average Bonchev–Trinajstić information content (AvgIpc) is 3.62. The highest BCUT2D eigenvalue weighted by Gasteiger charge is 2.23. The van der Waals surface area contributed by atoms with E-state index in [9.17, 15) is 9.18 Å². The van der Waals surface area contributed by atoms with E-state index in [2.05, 4.69) is 20.5 Å². The second-order valence-corrected chi connectivity index (χ2v) is 9.03. The first-order valence-electron chi connectivity index (χ1n) is 11.9. The molecule has 32 heavy (non-hydrogen) atoms. The number of carbonyl (C=O) groups excluding carboxylic acids is 1. The minimum Gasteiger partial charge on any atom is -0.490 e. The zero-order chi connectivity index (χ0) is 22.9. The first kappa shape index (κ1) is 24.3. The van der Waals surface area contributed by atoms with Crippen molar-refractivity contribution in [2.45, 2.75) is 51.5 Å². The standard InChI is InChI=1S/C24H38FN5O2/c1-17(20-7-8-22(21(25)15-20)32-16-18-5-6-18)29-24(27-2)28-11-3-4-12-30-13-9-19(10-14-30)23(26)31/h7-8,15,17-19H,3-6,9-14,16H2,1-2H3,(H2,26,31)(H2,27,28,29). The van der Waals surface area contributed by atoms with Gasteiger partial charge in [0, 0.05) is 19.5 Å². The van der Waals surface area contributed by atoms with Gasteiger partial charge >= 0.3 is 0 Å². The van der Waals surface area contributed by atoms with E-state index in [1.807, 2.05) is 13.0 Å². The third-order valence-electron chi connectivity index (χ3n) is 6.39. The maximum atomic E-state index is 14.4. The molecule has 8 heteroatoms. The van der Waals surface area contributed by atoms with Crippen molar-refractivity contribution >= 4 is 11.9 Å². The van der Waals surface area contributed by atoms with Gasteiger partial charge in [0.25, 0.3) is 0 Å². The maximum absolute atomic E-state index is 14.4. The summed E-state index contributed by atoms with van der Waals surface area (Å²) in [5.41, 5.74) is 6.25. The van der Waals surface area contributed by atoms with Crippen LogP contribution in [0.3, 0.4) is 0 Å². The van der Waals surface area contributed by atoms with Crippen LogP contribution in [-0.4, -0.2) is 56.6 Å². The highest BCUT2D eigenvalue weighted by Crippen LogP contribution is 2.30. The van der Waals surface area contributed by atoms with Crippen LogP contribution in [0.4, 0.5) is 4.39 Å². The normalized spacial score (nSPS) is 18.9. The summed E-state index contributed by atoms with van der Waals surface area (Å²) in [4.78, 5) is 17.9. The zero-order valence-electron chi connectivity index (χ0n) is 19.4. The van der Waals surface area contributed by atoms with E-state index in [1.54, 1.807) is 13.1 Å². The predicted octanol–water partition coefficient (Wildman–Crippen LogP) is 2.82. The molecule has 0 radical (unpaired) electrons. The Morgan fingerprint density at radius 2 is 2.03 bits per heavy atom. The number of amides is 1. The number of piperidine rings is 1. The Bertz CT molecular complexity index is 776. The van der Waals surface area contributed by atoms with Crippen molar-refractivity contribution < 1.29 is 13.9 Å². The number of rotatable bonds is 11. The van der Waals surface area contributed by atoms with Crippen molar-refractivity contribution in [1.29, 1.82) is 0 Å². The number of nitrogens with one attached hydrogen (secondary N) is 2. The van der Waals surface area contributed by atoms with Gasteiger partial charge in [-0.3, -0.25) is 9.79 Å². The summed E-state index contributed by atoms with van der Waals surface area (Å²) in [6.45, 7) is 6.33. The summed E-state index contributed by atoms with van der Waals surface area (Å²) in [6.07, 6.45) is 6.21. The second-order valence-electron chi connectivity index (χ2n) is 9.03. The van der Waals surface area contributed by atoms with E-state index in [-0.39, 0.29) is 23.7 Å². The number of hydrogen-bond acceptors (Lipinski definition) is 4. The van der Waals surface area contributed by atoms with Gasteiger partial charge in [-0.15, -0.1) is 0 Å². The van der Waals surface area contributed by atoms with Gasteiger partial charge in [0.15, 0.2) is 17.5 Å². The van der Waals surface area contributed by atoms with Gasteiger partial charge in [-0.2, -0.15) is 0 Å². The first-order chi connectivity index (χ1) is 15.5. The molecule has 1 aromatic carbocycles. The molecule has 1 saturated carbocycles. The van der Waals surface area contributed by atoms with Crippen LogP contribution in [0.25, 0.3) is 0 Å². The number of nitrogens with two attached hydrogens (primary N) is 1. The number of likely N-dealkylation sites (tertiary alicyclic amines) is 1. The number of unbranched alkanes of at least 4 members (excludes halogenated alkanes) is 1. The van der Waals surface area contributed by atoms with Gasteiger partial charge in [-0.25, -0.2) is 4.39 Å². The van der Waals surface area contributed by atoms with Crippen LogP contribution in [-0.2, 0) is 4.79 Å². The topological polar surface area (TPSA) is 92.0 Å². The van der Waals surface area contributed by atoms with Crippen molar-refractivity contribution in [2.75, 3.05) is 39.8 Å². The van der Waals surface area contributed by atoms with Crippen LogP contribution in [0, 0.1) is 17.7 Å². The van der Waals surface area contributed by atoms with Gasteiger partial charge in [0.2, 0.25) is 5.91 Å². The lowest BCUT2D eigenvalue weighted by Crippen LogP contribution is -2.40. The van der Waals surface area contributed by atoms with Crippen molar-refractivity contribution in [3.8, 4) is 5.75 Å². The second kappa shape index (κ2) is 12.0. The summed E-state index contributed by atoms with van der Waals surface area (Å²) in [5.74, 6) is 1.19. The fourth-order valence-corrected chi connectivity index (χ4v) is 3.99. The lowest BCUT2D eigenvalue weighted by atomic mass is 9.96. The quantitative estimate of drug-likeness (QED) is 0.276. The molecule has 4 N–H and O–H groups in total. The molecule has 178 valence electrons. The smallest absolute Gasteiger partial charge is 0.220 e. The molecule has 3 rings (SSSR count). The SMILES string of the molecule is CN=C(NCCCCN1CCC(C(N)=O)CC1)NC(C)c1ccc(OCC2CC2)c(F)c1. The molecule has 0 bridgehead atoms. The lowest BCUT2D eigenvalue weighted by Gasteiger charge is -2.30. The van der Waals surface area contributed by atoms with Crippen LogP contribution in [0.2, 0.25) is 0 Å². The van der Waals surface area contributed by atoms with E-state index in [0.717, 1.165) is 57.4 Å². The van der Waals surface area contributed by atoms with Crippen molar-refractivity contribution in [1.82, 2.24) is 15.5 Å².